The van der Waals surface area contributed by atoms with Crippen LogP contribution in [0.1, 0.15) is 62.5 Å². The SMILES string of the molecule is FC1=C(c2ccc3c(F)c(C#CC(F)(F)F)c(F)cc3c2)CCC(C2CCCCC2)C1. The highest BCUT2D eigenvalue weighted by atomic mass is 19.4. The summed E-state index contributed by atoms with van der Waals surface area (Å²) in [5.41, 5.74) is 0.187. The largest absolute Gasteiger partial charge is 0.458 e. The summed E-state index contributed by atoms with van der Waals surface area (Å²) in [6.07, 6.45) is 2.97. The van der Waals surface area contributed by atoms with Gasteiger partial charge < -0.3 is 0 Å². The lowest BCUT2D eigenvalue weighted by atomic mass is 9.73. The Balaban J connectivity index is 1.64. The standard InChI is InChI=1S/C25H22F6/c26-22-13-16(15-4-2-1-3-5-15)6-8-19(22)17-7-9-20-18(12-17)14-23(27)21(24(20)28)10-11-25(29,30)31/h7,9,12,14-16H,1-6,8,13H2. The van der Waals surface area contributed by atoms with Crippen LogP contribution in [-0.2, 0) is 0 Å². The molecule has 0 amide bonds. The first-order chi connectivity index (χ1) is 14.7. The number of hydrogen-bond acceptors (Lipinski definition) is 0. The van der Waals surface area contributed by atoms with Gasteiger partial charge in [0.15, 0.2) is 0 Å². The van der Waals surface area contributed by atoms with Gasteiger partial charge >= 0.3 is 6.18 Å². The Labute approximate surface area is 177 Å². The molecule has 1 unspecified atom stereocenters. The van der Waals surface area contributed by atoms with Gasteiger partial charge in [0, 0.05) is 17.7 Å². The third kappa shape index (κ3) is 4.76. The van der Waals surface area contributed by atoms with Crippen molar-refractivity contribution in [3.63, 3.8) is 0 Å². The summed E-state index contributed by atoms with van der Waals surface area (Å²) < 4.78 is 80.8. The molecule has 0 heterocycles. The average molecular weight is 436 g/mol. The molecular formula is C25H22F6. The Morgan fingerprint density at radius 3 is 2.29 bits per heavy atom. The average Bonchev–Trinajstić information content (AvgIpc) is 2.73. The second-order valence-corrected chi connectivity index (χ2v) is 8.52. The molecule has 164 valence electrons. The molecule has 2 aromatic carbocycles. The predicted molar refractivity (Wildman–Crippen MR) is 109 cm³/mol. The quantitative estimate of drug-likeness (QED) is 0.330. The van der Waals surface area contributed by atoms with E-state index in [1.807, 2.05) is 0 Å². The van der Waals surface area contributed by atoms with Crippen molar-refractivity contribution in [3.05, 3.63) is 52.9 Å². The van der Waals surface area contributed by atoms with Crippen molar-refractivity contribution in [2.24, 2.45) is 11.8 Å². The van der Waals surface area contributed by atoms with Gasteiger partial charge in [0.05, 0.1) is 5.56 Å². The molecule has 2 aromatic rings. The maximum absolute atomic E-state index is 15.0. The second kappa shape index (κ2) is 8.61. The summed E-state index contributed by atoms with van der Waals surface area (Å²) in [6, 6.07) is 5.35. The van der Waals surface area contributed by atoms with Crippen LogP contribution < -0.4 is 0 Å². The first-order valence-electron chi connectivity index (χ1n) is 10.6. The van der Waals surface area contributed by atoms with Gasteiger partial charge in [-0.2, -0.15) is 13.2 Å². The van der Waals surface area contributed by atoms with E-state index in [0.29, 0.717) is 35.8 Å². The first kappa shape index (κ1) is 21.8. The van der Waals surface area contributed by atoms with Crippen molar-refractivity contribution < 1.29 is 26.3 Å². The number of hydrogen-bond donors (Lipinski definition) is 0. The van der Waals surface area contributed by atoms with Gasteiger partial charge in [0.2, 0.25) is 0 Å². The van der Waals surface area contributed by atoms with Crippen molar-refractivity contribution in [1.29, 1.82) is 0 Å². The van der Waals surface area contributed by atoms with Gasteiger partial charge in [-0.05, 0) is 53.3 Å². The molecule has 31 heavy (non-hydrogen) atoms. The Bertz CT molecular complexity index is 1080. The van der Waals surface area contributed by atoms with Crippen LogP contribution in [0.15, 0.2) is 30.1 Å². The van der Waals surface area contributed by atoms with E-state index in [9.17, 15) is 26.3 Å². The molecule has 0 nitrogen and oxygen atoms in total. The Kier molecular flexibility index (Phi) is 6.05. The minimum atomic E-state index is -4.85. The van der Waals surface area contributed by atoms with Crippen LogP contribution in [0.2, 0.25) is 0 Å². The van der Waals surface area contributed by atoms with Crippen LogP contribution in [-0.4, -0.2) is 6.18 Å². The van der Waals surface area contributed by atoms with E-state index in [0.717, 1.165) is 31.2 Å². The van der Waals surface area contributed by atoms with Crippen LogP contribution in [0, 0.1) is 35.3 Å². The monoisotopic (exact) mass is 436 g/mol. The van der Waals surface area contributed by atoms with Gasteiger partial charge in [0.25, 0.3) is 0 Å². The molecule has 0 aromatic heterocycles. The Morgan fingerprint density at radius 2 is 1.61 bits per heavy atom. The maximum Gasteiger partial charge on any atom is 0.458 e. The zero-order valence-corrected chi connectivity index (χ0v) is 16.9. The lowest BCUT2D eigenvalue weighted by Crippen LogP contribution is -2.21. The molecule has 0 saturated heterocycles. The number of fused-ring (bicyclic) bond motifs is 1. The fraction of sp³-hybridized carbons (Fsp3) is 0.440. The van der Waals surface area contributed by atoms with Crippen LogP contribution >= 0.6 is 0 Å². The number of allylic oxidation sites excluding steroid dienone is 2. The lowest BCUT2D eigenvalue weighted by Gasteiger charge is -2.33. The highest BCUT2D eigenvalue weighted by Crippen LogP contribution is 2.43. The van der Waals surface area contributed by atoms with Crippen LogP contribution in [0.4, 0.5) is 26.3 Å². The zero-order chi connectivity index (χ0) is 22.2. The molecule has 6 heteroatoms. The smallest absolute Gasteiger partial charge is 0.211 e. The summed E-state index contributed by atoms with van der Waals surface area (Å²) in [5, 5.41) is 0.119. The van der Waals surface area contributed by atoms with Gasteiger partial charge in [0.1, 0.15) is 17.5 Å². The lowest BCUT2D eigenvalue weighted by molar-refractivity contribution is -0.0696. The van der Waals surface area contributed by atoms with E-state index in [1.54, 1.807) is 6.07 Å². The van der Waals surface area contributed by atoms with Crippen LogP contribution in [0.25, 0.3) is 16.3 Å². The summed E-state index contributed by atoms with van der Waals surface area (Å²) in [4.78, 5) is 0. The molecule has 1 fully saturated rings. The molecule has 2 aliphatic carbocycles. The molecule has 0 aliphatic heterocycles. The van der Waals surface area contributed by atoms with Gasteiger partial charge in [-0.25, -0.2) is 13.2 Å². The normalized spacial score (nSPS) is 20.6. The van der Waals surface area contributed by atoms with Crippen LogP contribution in [0.3, 0.4) is 0 Å². The van der Waals surface area contributed by atoms with Gasteiger partial charge in [-0.3, -0.25) is 0 Å². The van der Waals surface area contributed by atoms with E-state index in [-0.39, 0.29) is 16.6 Å². The maximum atomic E-state index is 15.0. The topological polar surface area (TPSA) is 0 Å². The second-order valence-electron chi connectivity index (χ2n) is 8.52. The molecule has 2 aliphatic rings. The zero-order valence-electron chi connectivity index (χ0n) is 16.9. The summed E-state index contributed by atoms with van der Waals surface area (Å²) in [7, 11) is 0. The van der Waals surface area contributed by atoms with E-state index >= 15 is 0 Å². The van der Waals surface area contributed by atoms with Gasteiger partial charge in [-0.15, -0.1) is 0 Å². The summed E-state index contributed by atoms with van der Waals surface area (Å²) >= 11 is 0. The fourth-order valence-corrected chi connectivity index (χ4v) is 5.00. The summed E-state index contributed by atoms with van der Waals surface area (Å²) in [6.45, 7) is 0. The number of alkyl halides is 3. The molecule has 0 bridgehead atoms. The van der Waals surface area contributed by atoms with Crippen molar-refractivity contribution in [2.45, 2.75) is 57.5 Å². The van der Waals surface area contributed by atoms with E-state index in [2.05, 4.69) is 0 Å². The fourth-order valence-electron chi connectivity index (χ4n) is 5.00. The number of benzene rings is 2. The van der Waals surface area contributed by atoms with Crippen LogP contribution in [0.5, 0.6) is 0 Å². The van der Waals surface area contributed by atoms with E-state index < -0.39 is 23.4 Å². The number of rotatable bonds is 2. The molecular weight excluding hydrogens is 414 g/mol. The Hall–Kier alpha value is -2.42. The molecule has 1 atom stereocenters. The first-order valence-corrected chi connectivity index (χ1v) is 10.6. The molecule has 4 rings (SSSR count). The predicted octanol–water partition coefficient (Wildman–Crippen LogP) is 8.09. The third-order valence-corrected chi connectivity index (χ3v) is 6.56. The van der Waals surface area contributed by atoms with Crippen molar-refractivity contribution in [1.82, 2.24) is 0 Å². The highest BCUT2D eigenvalue weighted by Gasteiger charge is 2.29. The van der Waals surface area contributed by atoms with Gasteiger partial charge in [-0.1, -0.05) is 50.2 Å². The molecule has 0 spiro atoms. The molecule has 0 N–H and O–H groups in total. The molecule has 0 radical (unpaired) electrons. The van der Waals surface area contributed by atoms with Crippen molar-refractivity contribution in [3.8, 4) is 11.8 Å². The number of halogens is 6. The van der Waals surface area contributed by atoms with Crippen molar-refractivity contribution >= 4 is 16.3 Å². The van der Waals surface area contributed by atoms with Crippen molar-refractivity contribution in [2.75, 3.05) is 0 Å². The third-order valence-electron chi connectivity index (χ3n) is 6.56. The highest BCUT2D eigenvalue weighted by molar-refractivity contribution is 5.88. The summed E-state index contributed by atoms with van der Waals surface area (Å²) in [5.74, 6) is 0.858. The van der Waals surface area contributed by atoms with E-state index in [4.69, 9.17) is 0 Å². The minimum absolute atomic E-state index is 0.0477. The van der Waals surface area contributed by atoms with E-state index in [1.165, 1.54) is 37.3 Å². The molecule has 1 saturated carbocycles. The Morgan fingerprint density at radius 1 is 0.871 bits per heavy atom. The minimum Gasteiger partial charge on any atom is -0.211 e.